The molecule has 0 aliphatic carbocycles. The van der Waals surface area contributed by atoms with E-state index in [4.69, 9.17) is 0 Å². The lowest BCUT2D eigenvalue weighted by molar-refractivity contribution is -0.171. The number of thiophene rings is 1. The van der Waals surface area contributed by atoms with Crippen LogP contribution in [0.25, 0.3) is 0 Å². The molecule has 0 saturated heterocycles. The van der Waals surface area contributed by atoms with Crippen LogP contribution in [0.3, 0.4) is 0 Å². The minimum atomic E-state index is -4.94. The summed E-state index contributed by atoms with van der Waals surface area (Å²) in [4.78, 5) is 0. The number of hydrogen-bond acceptors (Lipinski definition) is 3. The molecule has 1 heterocycles. The molecule has 0 spiro atoms. The normalized spacial score (nSPS) is 14.2. The molecular weight excluding hydrogens is 361 g/mol. The zero-order valence-electron chi connectivity index (χ0n) is 11.5. The van der Waals surface area contributed by atoms with Crippen molar-refractivity contribution in [3.63, 3.8) is 0 Å². The van der Waals surface area contributed by atoms with Crippen LogP contribution in [0.4, 0.5) is 22.0 Å². The largest absolute Gasteiger partial charge is 0.409 e. The van der Waals surface area contributed by atoms with Crippen molar-refractivity contribution in [1.29, 1.82) is 0 Å². The van der Waals surface area contributed by atoms with Crippen molar-refractivity contribution in [2.75, 3.05) is 7.05 Å². The van der Waals surface area contributed by atoms with E-state index in [1.54, 1.807) is 0 Å². The van der Waals surface area contributed by atoms with E-state index in [0.717, 1.165) is 43.4 Å². The van der Waals surface area contributed by atoms with Crippen LogP contribution in [0, 0.1) is 10.9 Å². The van der Waals surface area contributed by atoms with Gasteiger partial charge in [0.05, 0.1) is 0 Å². The maximum atomic E-state index is 13.3. The standard InChI is InChI=1S/C13H10F5NO2S2/c1-19(23(20,21)11-7-6-10(15)22-11)12(13(16,17)18)8-2-4-9(14)5-3-8/h2-7,12H,1H3. The fraction of sp³-hybridized carbons (Fsp3) is 0.231. The van der Waals surface area contributed by atoms with Crippen LogP contribution in [-0.4, -0.2) is 25.9 Å². The van der Waals surface area contributed by atoms with Crippen LogP contribution in [0.15, 0.2) is 40.6 Å². The first kappa shape index (κ1) is 17.8. The zero-order valence-corrected chi connectivity index (χ0v) is 13.1. The molecule has 1 aromatic carbocycles. The Morgan fingerprint density at radius 1 is 1.04 bits per heavy atom. The van der Waals surface area contributed by atoms with Gasteiger partial charge < -0.3 is 0 Å². The van der Waals surface area contributed by atoms with Crippen LogP contribution in [0.1, 0.15) is 11.6 Å². The summed E-state index contributed by atoms with van der Waals surface area (Å²) in [5.41, 5.74) is -0.443. The Hall–Kier alpha value is -1.52. The average Bonchev–Trinajstić information content (AvgIpc) is 2.87. The highest BCUT2D eigenvalue weighted by Gasteiger charge is 2.47. The van der Waals surface area contributed by atoms with Gasteiger partial charge in [-0.1, -0.05) is 23.5 Å². The van der Waals surface area contributed by atoms with E-state index in [9.17, 15) is 30.4 Å². The second kappa shape index (κ2) is 6.17. The first-order valence-electron chi connectivity index (χ1n) is 6.09. The molecule has 3 nitrogen and oxygen atoms in total. The molecule has 126 valence electrons. The van der Waals surface area contributed by atoms with E-state index in [1.807, 2.05) is 0 Å². The molecular formula is C13H10F5NO2S2. The van der Waals surface area contributed by atoms with Crippen molar-refractivity contribution in [2.45, 2.75) is 16.4 Å². The van der Waals surface area contributed by atoms with Crippen LogP contribution < -0.4 is 0 Å². The van der Waals surface area contributed by atoms with E-state index in [-0.39, 0.29) is 15.6 Å². The van der Waals surface area contributed by atoms with Crippen molar-refractivity contribution in [3.8, 4) is 0 Å². The lowest BCUT2D eigenvalue weighted by Crippen LogP contribution is -2.39. The Bertz CT molecular complexity index is 783. The molecule has 0 radical (unpaired) electrons. The molecule has 0 amide bonds. The third-order valence-electron chi connectivity index (χ3n) is 3.04. The first-order valence-corrected chi connectivity index (χ1v) is 8.34. The lowest BCUT2D eigenvalue weighted by atomic mass is 10.1. The topological polar surface area (TPSA) is 37.4 Å². The smallest absolute Gasteiger partial charge is 0.207 e. The van der Waals surface area contributed by atoms with Gasteiger partial charge in [-0.3, -0.25) is 0 Å². The van der Waals surface area contributed by atoms with Crippen LogP contribution in [-0.2, 0) is 10.0 Å². The van der Waals surface area contributed by atoms with Crippen LogP contribution >= 0.6 is 11.3 Å². The molecule has 0 N–H and O–H groups in total. The van der Waals surface area contributed by atoms with Gasteiger partial charge in [0, 0.05) is 7.05 Å². The van der Waals surface area contributed by atoms with Gasteiger partial charge in [-0.15, -0.1) is 0 Å². The molecule has 1 unspecified atom stereocenters. The predicted molar refractivity (Wildman–Crippen MR) is 74.4 cm³/mol. The van der Waals surface area contributed by atoms with Crippen molar-refractivity contribution in [1.82, 2.24) is 4.31 Å². The fourth-order valence-electron chi connectivity index (χ4n) is 1.97. The zero-order chi connectivity index (χ0) is 17.4. The summed E-state index contributed by atoms with van der Waals surface area (Å²) >= 11 is 0.225. The van der Waals surface area contributed by atoms with E-state index >= 15 is 0 Å². The maximum absolute atomic E-state index is 13.3. The summed E-state index contributed by atoms with van der Waals surface area (Å²) in [6.45, 7) is 0. The van der Waals surface area contributed by atoms with E-state index < -0.39 is 43.0 Å². The molecule has 2 rings (SSSR count). The van der Waals surface area contributed by atoms with Crippen molar-refractivity contribution in [2.24, 2.45) is 0 Å². The molecule has 2 aromatic rings. The molecule has 0 aliphatic rings. The Balaban J connectivity index is 2.49. The van der Waals surface area contributed by atoms with Gasteiger partial charge in [0.1, 0.15) is 16.1 Å². The second-order valence-corrected chi connectivity index (χ2v) is 7.83. The lowest BCUT2D eigenvalue weighted by Gasteiger charge is -2.29. The number of halogens is 5. The second-order valence-electron chi connectivity index (χ2n) is 4.58. The molecule has 10 heteroatoms. The van der Waals surface area contributed by atoms with Gasteiger partial charge in [-0.2, -0.15) is 21.9 Å². The maximum Gasteiger partial charge on any atom is 0.409 e. The van der Waals surface area contributed by atoms with Crippen LogP contribution in [0.2, 0.25) is 0 Å². The minimum absolute atomic E-state index is 0.103. The van der Waals surface area contributed by atoms with Gasteiger partial charge in [0.25, 0.3) is 10.0 Å². The highest BCUT2D eigenvalue weighted by molar-refractivity contribution is 7.91. The number of hydrogen-bond donors (Lipinski definition) is 0. The molecule has 1 atom stereocenters. The van der Waals surface area contributed by atoms with Gasteiger partial charge >= 0.3 is 6.18 Å². The average molecular weight is 371 g/mol. The van der Waals surface area contributed by atoms with Gasteiger partial charge in [-0.25, -0.2) is 12.8 Å². The highest BCUT2D eigenvalue weighted by atomic mass is 32.2. The third kappa shape index (κ3) is 3.70. The summed E-state index contributed by atoms with van der Waals surface area (Å²) in [7, 11) is -3.82. The Morgan fingerprint density at radius 3 is 2.04 bits per heavy atom. The number of benzene rings is 1. The molecule has 0 aliphatic heterocycles. The number of sulfonamides is 1. The van der Waals surface area contributed by atoms with E-state index in [2.05, 4.69) is 0 Å². The summed E-state index contributed by atoms with van der Waals surface area (Å²) in [6.07, 6.45) is -4.94. The summed E-state index contributed by atoms with van der Waals surface area (Å²) in [6, 6.07) is 2.55. The van der Waals surface area contributed by atoms with Gasteiger partial charge in [0.15, 0.2) is 5.13 Å². The summed E-state index contributed by atoms with van der Waals surface area (Å²) < 4.78 is 90.0. The van der Waals surface area contributed by atoms with Gasteiger partial charge in [-0.05, 0) is 29.8 Å². The summed E-state index contributed by atoms with van der Waals surface area (Å²) in [5, 5.41) is -0.831. The number of rotatable bonds is 4. The molecule has 0 fully saturated rings. The van der Waals surface area contributed by atoms with Crippen LogP contribution in [0.5, 0.6) is 0 Å². The van der Waals surface area contributed by atoms with Gasteiger partial charge in [0.2, 0.25) is 0 Å². The SMILES string of the molecule is CN(C(c1ccc(F)cc1)C(F)(F)F)S(=O)(=O)c1ccc(F)s1. The van der Waals surface area contributed by atoms with Crippen molar-refractivity contribution in [3.05, 3.63) is 52.9 Å². The fourth-order valence-corrected chi connectivity index (χ4v) is 4.49. The molecule has 23 heavy (non-hydrogen) atoms. The minimum Gasteiger partial charge on any atom is -0.207 e. The summed E-state index contributed by atoms with van der Waals surface area (Å²) in [5.74, 6) is -0.750. The van der Waals surface area contributed by atoms with Crippen molar-refractivity contribution < 1.29 is 30.4 Å². The molecule has 1 aromatic heterocycles. The first-order chi connectivity index (χ1) is 10.5. The van der Waals surface area contributed by atoms with Crippen molar-refractivity contribution >= 4 is 21.4 Å². The number of nitrogens with zero attached hydrogens (tertiary/aromatic N) is 1. The monoisotopic (exact) mass is 371 g/mol. The third-order valence-corrected chi connectivity index (χ3v) is 6.21. The van der Waals surface area contributed by atoms with E-state index in [0.29, 0.717) is 0 Å². The molecule has 0 saturated carbocycles. The Kier molecular flexibility index (Phi) is 4.79. The Morgan fingerprint density at radius 2 is 1.61 bits per heavy atom. The highest BCUT2D eigenvalue weighted by Crippen LogP contribution is 2.40. The quantitative estimate of drug-likeness (QED) is 0.764. The Labute approximate surface area is 133 Å². The van der Waals surface area contributed by atoms with E-state index in [1.165, 1.54) is 0 Å². The molecule has 0 bridgehead atoms. The number of alkyl halides is 3. The predicted octanol–water partition coefficient (Wildman–Crippen LogP) is 3.95.